The van der Waals surface area contributed by atoms with Gasteiger partial charge in [0.15, 0.2) is 10.9 Å². The van der Waals surface area contributed by atoms with Crippen LogP contribution in [-0.2, 0) is 13.1 Å². The highest BCUT2D eigenvalue weighted by molar-refractivity contribution is 7.80. The van der Waals surface area contributed by atoms with Gasteiger partial charge in [0.25, 0.3) is 0 Å². The molecule has 2 heterocycles. The van der Waals surface area contributed by atoms with Crippen LogP contribution in [-0.4, -0.2) is 50.9 Å². The number of benzene rings is 2. The maximum Gasteiger partial charge on any atom is 0.174 e. The van der Waals surface area contributed by atoms with E-state index in [9.17, 15) is 0 Å². The Bertz CT molecular complexity index is 1050. The summed E-state index contributed by atoms with van der Waals surface area (Å²) in [5.41, 5.74) is 2.30. The average molecular weight is 495 g/mol. The van der Waals surface area contributed by atoms with Crippen LogP contribution < -0.4 is 5.32 Å². The first-order chi connectivity index (χ1) is 15.0. The maximum absolute atomic E-state index is 6.13. The Hall–Kier alpha value is -1.83. The Balaban J connectivity index is 1.26. The summed E-state index contributed by atoms with van der Waals surface area (Å²) in [5, 5.41) is 10.4. The number of piperazine rings is 1. The van der Waals surface area contributed by atoms with Crippen LogP contribution in [0.3, 0.4) is 0 Å². The van der Waals surface area contributed by atoms with Crippen molar-refractivity contribution in [3.05, 3.63) is 80.9 Å². The number of hydrogen-bond donors (Lipinski definition) is 1. The van der Waals surface area contributed by atoms with Gasteiger partial charge in [0.2, 0.25) is 0 Å². The van der Waals surface area contributed by atoms with Gasteiger partial charge in [-0.2, -0.15) is 5.10 Å². The summed E-state index contributed by atoms with van der Waals surface area (Å²) < 4.78 is 1.88. The van der Waals surface area contributed by atoms with Crippen LogP contribution in [0.25, 0.3) is 0 Å². The third-order valence-corrected chi connectivity index (χ3v) is 6.53. The van der Waals surface area contributed by atoms with Gasteiger partial charge in [-0.25, -0.2) is 0 Å². The summed E-state index contributed by atoms with van der Waals surface area (Å²) >= 11 is 23.7. The molecule has 0 saturated carbocycles. The van der Waals surface area contributed by atoms with Crippen molar-refractivity contribution in [2.45, 2.75) is 13.1 Å². The highest BCUT2D eigenvalue weighted by atomic mass is 35.5. The molecule has 0 bridgehead atoms. The molecule has 4 rings (SSSR count). The standard InChI is InChI=1S/C22H22Cl3N5S/c23-18-4-1-16(2-5-18)15-30-8-7-21(27-30)26-22(31)29-11-9-28(10-12-29)14-17-3-6-19(24)20(25)13-17/h1-8,13H,9-12,14-15H2,(H,26,27,31). The van der Waals surface area contributed by atoms with E-state index in [1.165, 1.54) is 0 Å². The number of nitrogens with zero attached hydrogens (tertiary/aromatic N) is 4. The lowest BCUT2D eigenvalue weighted by Crippen LogP contribution is -2.49. The zero-order valence-electron chi connectivity index (χ0n) is 16.8. The molecule has 0 aliphatic carbocycles. The molecular weight excluding hydrogens is 473 g/mol. The molecular formula is C22H22Cl3N5S. The fraction of sp³-hybridized carbons (Fsp3) is 0.273. The van der Waals surface area contributed by atoms with Crippen LogP contribution in [0.15, 0.2) is 54.7 Å². The largest absolute Gasteiger partial charge is 0.346 e. The van der Waals surface area contributed by atoms with E-state index in [4.69, 9.17) is 47.0 Å². The number of anilines is 1. The lowest BCUT2D eigenvalue weighted by Gasteiger charge is -2.36. The Morgan fingerprint density at radius 3 is 2.29 bits per heavy atom. The van der Waals surface area contributed by atoms with Gasteiger partial charge < -0.3 is 10.2 Å². The Morgan fingerprint density at radius 2 is 1.58 bits per heavy atom. The van der Waals surface area contributed by atoms with Gasteiger partial charge in [0, 0.05) is 50.0 Å². The van der Waals surface area contributed by atoms with E-state index in [0.717, 1.165) is 54.7 Å². The molecule has 0 atom stereocenters. The quantitative estimate of drug-likeness (QED) is 0.480. The van der Waals surface area contributed by atoms with Gasteiger partial charge in [0.05, 0.1) is 16.6 Å². The molecule has 0 amide bonds. The smallest absolute Gasteiger partial charge is 0.174 e. The van der Waals surface area contributed by atoms with Crippen molar-refractivity contribution in [3.8, 4) is 0 Å². The summed E-state index contributed by atoms with van der Waals surface area (Å²) in [6, 6.07) is 15.5. The molecule has 1 aliphatic heterocycles. The molecule has 2 aromatic carbocycles. The summed E-state index contributed by atoms with van der Waals surface area (Å²) in [4.78, 5) is 4.57. The molecule has 0 spiro atoms. The molecule has 1 aromatic heterocycles. The van der Waals surface area contributed by atoms with Crippen molar-refractivity contribution in [3.63, 3.8) is 0 Å². The highest BCUT2D eigenvalue weighted by Crippen LogP contribution is 2.23. The first-order valence-corrected chi connectivity index (χ1v) is 11.5. The zero-order valence-corrected chi connectivity index (χ0v) is 19.9. The molecule has 3 aromatic rings. The topological polar surface area (TPSA) is 36.3 Å². The summed E-state index contributed by atoms with van der Waals surface area (Å²) in [7, 11) is 0. The highest BCUT2D eigenvalue weighted by Gasteiger charge is 2.19. The molecule has 162 valence electrons. The molecule has 0 unspecified atom stereocenters. The van der Waals surface area contributed by atoms with Gasteiger partial charge in [-0.3, -0.25) is 9.58 Å². The molecule has 9 heteroatoms. The molecule has 1 saturated heterocycles. The lowest BCUT2D eigenvalue weighted by atomic mass is 10.2. The van der Waals surface area contributed by atoms with E-state index in [-0.39, 0.29) is 0 Å². The third-order valence-electron chi connectivity index (χ3n) is 5.18. The predicted molar refractivity (Wildman–Crippen MR) is 132 cm³/mol. The van der Waals surface area contributed by atoms with Crippen molar-refractivity contribution < 1.29 is 0 Å². The minimum atomic E-state index is 0.585. The van der Waals surface area contributed by atoms with Gasteiger partial charge >= 0.3 is 0 Å². The number of nitrogens with one attached hydrogen (secondary N) is 1. The van der Waals surface area contributed by atoms with Crippen LogP contribution >= 0.6 is 47.0 Å². The van der Waals surface area contributed by atoms with E-state index in [1.54, 1.807) is 0 Å². The molecule has 5 nitrogen and oxygen atoms in total. The monoisotopic (exact) mass is 493 g/mol. The van der Waals surface area contributed by atoms with Gasteiger partial charge in [-0.15, -0.1) is 0 Å². The molecule has 1 N–H and O–H groups in total. The minimum Gasteiger partial charge on any atom is -0.346 e. The maximum atomic E-state index is 6.13. The fourth-order valence-electron chi connectivity index (χ4n) is 3.49. The first-order valence-electron chi connectivity index (χ1n) is 9.96. The zero-order chi connectivity index (χ0) is 21.8. The van der Waals surface area contributed by atoms with Crippen LogP contribution in [0.1, 0.15) is 11.1 Å². The Morgan fingerprint density at radius 1 is 0.871 bits per heavy atom. The summed E-state index contributed by atoms with van der Waals surface area (Å²) in [6.07, 6.45) is 1.94. The Kier molecular flexibility index (Phi) is 7.35. The molecule has 1 fully saturated rings. The first kappa shape index (κ1) is 22.4. The van der Waals surface area contributed by atoms with Crippen molar-refractivity contribution in [2.75, 3.05) is 31.5 Å². The van der Waals surface area contributed by atoms with Crippen molar-refractivity contribution in [1.29, 1.82) is 0 Å². The van der Waals surface area contributed by atoms with E-state index in [1.807, 2.05) is 59.4 Å². The normalized spacial score (nSPS) is 14.6. The van der Waals surface area contributed by atoms with Gasteiger partial charge in [-0.05, 0) is 47.6 Å². The number of hydrogen-bond acceptors (Lipinski definition) is 3. The molecule has 0 radical (unpaired) electrons. The third kappa shape index (κ3) is 6.11. The number of aromatic nitrogens is 2. The molecule has 1 aliphatic rings. The average Bonchev–Trinajstić information content (AvgIpc) is 3.19. The van der Waals surface area contributed by atoms with Crippen molar-refractivity contribution in [1.82, 2.24) is 19.6 Å². The SMILES string of the molecule is S=C(Nc1ccn(Cc2ccc(Cl)cc2)n1)N1CCN(Cc2ccc(Cl)c(Cl)c2)CC1. The Labute approximate surface area is 202 Å². The number of rotatable bonds is 5. The predicted octanol–water partition coefficient (Wildman–Crippen LogP) is 5.41. The van der Waals surface area contributed by atoms with Crippen molar-refractivity contribution >= 4 is 58.0 Å². The number of halogens is 3. The van der Waals surface area contributed by atoms with Crippen LogP contribution in [0.4, 0.5) is 5.82 Å². The summed E-state index contributed by atoms with van der Waals surface area (Å²) in [6.45, 7) is 5.09. The van der Waals surface area contributed by atoms with E-state index in [2.05, 4.69) is 20.2 Å². The minimum absolute atomic E-state index is 0.585. The second kappa shape index (κ2) is 10.2. The summed E-state index contributed by atoms with van der Waals surface area (Å²) in [5.74, 6) is 0.747. The second-order valence-electron chi connectivity index (χ2n) is 7.47. The fourth-order valence-corrected chi connectivity index (χ4v) is 4.22. The van der Waals surface area contributed by atoms with E-state index >= 15 is 0 Å². The van der Waals surface area contributed by atoms with E-state index < -0.39 is 0 Å². The molecule has 31 heavy (non-hydrogen) atoms. The van der Waals surface area contributed by atoms with Crippen molar-refractivity contribution in [2.24, 2.45) is 0 Å². The van der Waals surface area contributed by atoms with E-state index in [0.29, 0.717) is 21.7 Å². The number of thiocarbonyl (C=S) groups is 1. The van der Waals surface area contributed by atoms with Gasteiger partial charge in [-0.1, -0.05) is 53.0 Å². The van der Waals surface area contributed by atoms with Crippen LogP contribution in [0.2, 0.25) is 15.1 Å². The van der Waals surface area contributed by atoms with Gasteiger partial charge in [0.1, 0.15) is 0 Å². The van der Waals surface area contributed by atoms with Crippen LogP contribution in [0.5, 0.6) is 0 Å². The second-order valence-corrected chi connectivity index (χ2v) is 9.10. The van der Waals surface area contributed by atoms with Crippen LogP contribution in [0, 0.1) is 0 Å². The lowest BCUT2D eigenvalue weighted by molar-refractivity contribution is 0.177.